The van der Waals surface area contributed by atoms with E-state index in [-0.39, 0.29) is 0 Å². The molecule has 0 radical (unpaired) electrons. The molecule has 0 bridgehead atoms. The molecule has 0 unspecified atom stereocenters. The van der Waals surface area contributed by atoms with Crippen LogP contribution in [-0.2, 0) is 20.0 Å². The normalized spacial score (nSPS) is 10.8. The lowest BCUT2D eigenvalue weighted by Gasteiger charge is -2.22. The molecule has 0 amide bonds. The Kier molecular flexibility index (Phi) is 3.91. The van der Waals surface area contributed by atoms with Crippen LogP contribution in [-0.4, -0.2) is 16.3 Å². The molecule has 0 spiro atoms. The first-order valence-corrected chi connectivity index (χ1v) is 7.14. The largest absolute Gasteiger partial charge is 0.394 e. The fraction of sp³-hybridized carbons (Fsp3) is 0.462. The highest BCUT2D eigenvalue weighted by molar-refractivity contribution is 7.09. The van der Waals surface area contributed by atoms with Crippen molar-refractivity contribution in [2.24, 2.45) is 7.05 Å². The lowest BCUT2D eigenvalue weighted by Crippen LogP contribution is -2.24. The van der Waals surface area contributed by atoms with Crippen molar-refractivity contribution in [1.82, 2.24) is 9.78 Å². The van der Waals surface area contributed by atoms with Crippen molar-refractivity contribution >= 4 is 22.8 Å². The van der Waals surface area contributed by atoms with Crippen LogP contribution in [0.4, 0.5) is 11.5 Å². The Morgan fingerprint density at radius 3 is 2.72 bits per heavy atom. The Morgan fingerprint density at radius 2 is 2.22 bits per heavy atom. The summed E-state index contributed by atoms with van der Waals surface area (Å²) < 4.78 is 1.89. The maximum atomic E-state index is 6.20. The van der Waals surface area contributed by atoms with Gasteiger partial charge in [-0.25, -0.2) is 0 Å². The summed E-state index contributed by atoms with van der Waals surface area (Å²) >= 11 is 1.77. The van der Waals surface area contributed by atoms with Crippen molar-refractivity contribution < 1.29 is 0 Å². The number of thiophene rings is 1. The standard InChI is InChI=1S/C13H20N4S/c1-4-11-12(14)13(16(3)15-11)17(5-2)9-10-7-6-8-18-10/h6-8H,4-5,9,14H2,1-3H3. The third kappa shape index (κ3) is 2.36. The first kappa shape index (κ1) is 13.0. The molecule has 98 valence electrons. The molecule has 0 saturated heterocycles. The second kappa shape index (κ2) is 5.44. The Hall–Kier alpha value is -1.49. The molecule has 0 aromatic carbocycles. The molecular weight excluding hydrogens is 244 g/mol. The number of nitrogens with two attached hydrogens (primary N) is 1. The molecule has 2 aromatic rings. The maximum absolute atomic E-state index is 6.20. The molecule has 4 nitrogen and oxygen atoms in total. The second-order valence-corrected chi connectivity index (χ2v) is 5.29. The number of nitrogens with zero attached hydrogens (tertiary/aromatic N) is 3. The van der Waals surface area contributed by atoms with Gasteiger partial charge in [0.25, 0.3) is 0 Å². The molecule has 2 heterocycles. The van der Waals surface area contributed by atoms with Gasteiger partial charge in [0.2, 0.25) is 0 Å². The number of nitrogen functional groups attached to an aromatic ring is 1. The van der Waals surface area contributed by atoms with Crippen LogP contribution in [0.25, 0.3) is 0 Å². The van der Waals surface area contributed by atoms with Gasteiger partial charge in [-0.2, -0.15) is 5.10 Å². The summed E-state index contributed by atoms with van der Waals surface area (Å²) in [6.07, 6.45) is 0.871. The van der Waals surface area contributed by atoms with E-state index in [1.807, 2.05) is 11.7 Å². The topological polar surface area (TPSA) is 47.1 Å². The van der Waals surface area contributed by atoms with Crippen molar-refractivity contribution in [1.29, 1.82) is 0 Å². The molecule has 18 heavy (non-hydrogen) atoms. The van der Waals surface area contributed by atoms with E-state index in [0.717, 1.165) is 36.7 Å². The first-order valence-electron chi connectivity index (χ1n) is 6.26. The molecule has 0 saturated carbocycles. The molecule has 5 heteroatoms. The third-order valence-electron chi connectivity index (χ3n) is 3.07. The van der Waals surface area contributed by atoms with Crippen molar-refractivity contribution in [2.45, 2.75) is 26.8 Å². The van der Waals surface area contributed by atoms with Gasteiger partial charge < -0.3 is 10.6 Å². The lowest BCUT2D eigenvalue weighted by atomic mass is 10.3. The van der Waals surface area contributed by atoms with Gasteiger partial charge in [-0.15, -0.1) is 11.3 Å². The van der Waals surface area contributed by atoms with E-state index in [0.29, 0.717) is 0 Å². The van der Waals surface area contributed by atoms with Crippen LogP contribution in [0.5, 0.6) is 0 Å². The van der Waals surface area contributed by atoms with Gasteiger partial charge in [0.05, 0.1) is 17.9 Å². The summed E-state index contributed by atoms with van der Waals surface area (Å²) in [5, 5.41) is 6.58. The van der Waals surface area contributed by atoms with E-state index in [1.54, 1.807) is 11.3 Å². The molecule has 0 aliphatic heterocycles. The smallest absolute Gasteiger partial charge is 0.150 e. The zero-order valence-corrected chi connectivity index (χ0v) is 12.0. The Bertz CT molecular complexity index is 501. The Labute approximate surface area is 112 Å². The SMILES string of the molecule is CCc1nn(C)c(N(CC)Cc2cccs2)c1N. The van der Waals surface area contributed by atoms with Crippen LogP contribution >= 0.6 is 11.3 Å². The summed E-state index contributed by atoms with van der Waals surface area (Å²) in [7, 11) is 1.96. The molecule has 0 atom stereocenters. The van der Waals surface area contributed by atoms with E-state index in [4.69, 9.17) is 5.73 Å². The lowest BCUT2D eigenvalue weighted by molar-refractivity contribution is 0.703. The molecule has 2 aromatic heterocycles. The molecule has 0 aliphatic rings. The number of anilines is 2. The monoisotopic (exact) mass is 264 g/mol. The molecular formula is C13H20N4S. The van der Waals surface area contributed by atoms with E-state index < -0.39 is 0 Å². The van der Waals surface area contributed by atoms with E-state index in [1.165, 1.54) is 4.88 Å². The van der Waals surface area contributed by atoms with Crippen LogP contribution in [0.15, 0.2) is 17.5 Å². The number of aryl methyl sites for hydroxylation is 2. The van der Waals surface area contributed by atoms with Gasteiger partial charge >= 0.3 is 0 Å². The average molecular weight is 264 g/mol. The number of aromatic nitrogens is 2. The second-order valence-electron chi connectivity index (χ2n) is 4.25. The fourth-order valence-electron chi connectivity index (χ4n) is 2.15. The molecule has 2 rings (SSSR count). The molecule has 2 N–H and O–H groups in total. The summed E-state index contributed by atoms with van der Waals surface area (Å²) in [5.74, 6) is 1.03. The number of hydrogen-bond donors (Lipinski definition) is 1. The summed E-state index contributed by atoms with van der Waals surface area (Å²) in [6.45, 7) is 6.04. The highest BCUT2D eigenvalue weighted by Gasteiger charge is 2.17. The predicted octanol–water partition coefficient (Wildman–Crippen LogP) is 2.65. The van der Waals surface area contributed by atoms with Gasteiger partial charge in [-0.3, -0.25) is 4.68 Å². The maximum Gasteiger partial charge on any atom is 0.150 e. The van der Waals surface area contributed by atoms with Crippen molar-refractivity contribution in [2.75, 3.05) is 17.2 Å². The first-order chi connectivity index (χ1) is 8.67. The molecule has 0 aliphatic carbocycles. The van der Waals surface area contributed by atoms with Crippen LogP contribution in [0.3, 0.4) is 0 Å². The van der Waals surface area contributed by atoms with Gasteiger partial charge in [0.1, 0.15) is 0 Å². The van der Waals surface area contributed by atoms with Crippen LogP contribution in [0.2, 0.25) is 0 Å². The molecule has 0 fully saturated rings. The minimum Gasteiger partial charge on any atom is -0.394 e. The average Bonchev–Trinajstić information content (AvgIpc) is 2.95. The van der Waals surface area contributed by atoms with E-state index >= 15 is 0 Å². The van der Waals surface area contributed by atoms with Crippen LogP contribution < -0.4 is 10.6 Å². The number of hydrogen-bond acceptors (Lipinski definition) is 4. The summed E-state index contributed by atoms with van der Waals surface area (Å²) in [4.78, 5) is 3.61. The Balaban J connectivity index is 2.30. The van der Waals surface area contributed by atoms with Crippen LogP contribution in [0, 0.1) is 0 Å². The van der Waals surface area contributed by atoms with E-state index in [9.17, 15) is 0 Å². The number of rotatable bonds is 5. The zero-order chi connectivity index (χ0) is 13.1. The predicted molar refractivity (Wildman–Crippen MR) is 78.0 cm³/mol. The minimum absolute atomic E-state index is 0.818. The van der Waals surface area contributed by atoms with Crippen molar-refractivity contribution in [3.8, 4) is 0 Å². The zero-order valence-electron chi connectivity index (χ0n) is 11.2. The van der Waals surface area contributed by atoms with Crippen LogP contribution in [0.1, 0.15) is 24.4 Å². The highest BCUT2D eigenvalue weighted by Crippen LogP contribution is 2.28. The van der Waals surface area contributed by atoms with Crippen molar-refractivity contribution in [3.05, 3.63) is 28.1 Å². The van der Waals surface area contributed by atoms with E-state index in [2.05, 4.69) is 41.4 Å². The van der Waals surface area contributed by atoms with Gasteiger partial charge in [-0.05, 0) is 24.8 Å². The third-order valence-corrected chi connectivity index (χ3v) is 3.93. The highest BCUT2D eigenvalue weighted by atomic mass is 32.1. The minimum atomic E-state index is 0.818. The summed E-state index contributed by atoms with van der Waals surface area (Å²) in [6, 6.07) is 4.23. The van der Waals surface area contributed by atoms with Crippen molar-refractivity contribution in [3.63, 3.8) is 0 Å². The van der Waals surface area contributed by atoms with Gasteiger partial charge in [0.15, 0.2) is 5.82 Å². The fourth-order valence-corrected chi connectivity index (χ4v) is 2.87. The van der Waals surface area contributed by atoms with Gasteiger partial charge in [-0.1, -0.05) is 13.0 Å². The quantitative estimate of drug-likeness (QED) is 0.903. The van der Waals surface area contributed by atoms with Gasteiger partial charge in [0, 0.05) is 18.5 Å². The Morgan fingerprint density at radius 1 is 1.44 bits per heavy atom. The summed E-state index contributed by atoms with van der Waals surface area (Å²) in [5.41, 5.74) is 8.00.